The highest BCUT2D eigenvalue weighted by Gasteiger charge is 2.13. The minimum Gasteiger partial charge on any atom is -0.354 e. The van der Waals surface area contributed by atoms with Crippen LogP contribution in [0.15, 0.2) is 12.4 Å². The molecule has 3 nitrogen and oxygen atoms in total. The maximum atomic E-state index is 12.6. The molecule has 0 amide bonds. The molecule has 1 rings (SSSR count). The van der Waals surface area contributed by atoms with E-state index in [1.807, 2.05) is 0 Å². The molecular weight excluding hydrogens is 169 g/mol. The lowest BCUT2D eigenvalue weighted by molar-refractivity contribution is 0.579. The maximum Gasteiger partial charge on any atom is 0.217 e. The van der Waals surface area contributed by atoms with E-state index in [0.29, 0.717) is 5.82 Å². The van der Waals surface area contributed by atoms with Gasteiger partial charge >= 0.3 is 0 Å². The first-order chi connectivity index (χ1) is 6.03. The van der Waals surface area contributed by atoms with E-state index in [1.54, 1.807) is 13.8 Å². The first-order valence-electron chi connectivity index (χ1n) is 3.77. The highest BCUT2D eigenvalue weighted by atomic mass is 19.1. The van der Waals surface area contributed by atoms with Crippen molar-refractivity contribution in [3.05, 3.63) is 18.3 Å². The molecule has 0 aliphatic carbocycles. The van der Waals surface area contributed by atoms with Crippen molar-refractivity contribution in [1.82, 2.24) is 9.97 Å². The van der Waals surface area contributed by atoms with E-state index >= 15 is 0 Å². The summed E-state index contributed by atoms with van der Waals surface area (Å²) in [7, 11) is 0. The van der Waals surface area contributed by atoms with Crippen molar-refractivity contribution in [3.63, 3.8) is 0 Å². The van der Waals surface area contributed by atoms with Crippen molar-refractivity contribution in [2.24, 2.45) is 0 Å². The fraction of sp³-hybridized carbons (Fsp3) is 0.333. The Morgan fingerprint density at radius 2 is 2.23 bits per heavy atom. The molecule has 1 aromatic rings. The van der Waals surface area contributed by atoms with Crippen molar-refractivity contribution in [1.29, 1.82) is 0 Å². The summed E-state index contributed by atoms with van der Waals surface area (Å²) in [4.78, 5) is 7.14. The van der Waals surface area contributed by atoms with Gasteiger partial charge in [0.2, 0.25) is 5.95 Å². The summed E-state index contributed by atoms with van der Waals surface area (Å²) < 4.78 is 12.6. The fourth-order valence-corrected chi connectivity index (χ4v) is 0.758. The molecule has 0 fully saturated rings. The van der Waals surface area contributed by atoms with Crippen molar-refractivity contribution in [3.8, 4) is 12.3 Å². The molecule has 0 atom stereocenters. The Hall–Kier alpha value is -1.63. The lowest BCUT2D eigenvalue weighted by Gasteiger charge is -2.19. The number of terminal acetylenes is 1. The summed E-state index contributed by atoms with van der Waals surface area (Å²) >= 11 is 0. The Labute approximate surface area is 76.4 Å². The van der Waals surface area contributed by atoms with Crippen molar-refractivity contribution in [2.45, 2.75) is 19.4 Å². The molecule has 1 N–H and O–H groups in total. The molecule has 0 radical (unpaired) electrons. The molecule has 0 aliphatic rings. The average molecular weight is 179 g/mol. The van der Waals surface area contributed by atoms with E-state index in [9.17, 15) is 4.39 Å². The zero-order valence-corrected chi connectivity index (χ0v) is 7.50. The van der Waals surface area contributed by atoms with E-state index in [0.717, 1.165) is 6.33 Å². The van der Waals surface area contributed by atoms with Gasteiger partial charge < -0.3 is 5.32 Å². The molecule has 1 aromatic heterocycles. The van der Waals surface area contributed by atoms with Crippen molar-refractivity contribution < 1.29 is 4.39 Å². The van der Waals surface area contributed by atoms with Gasteiger partial charge in [0.25, 0.3) is 0 Å². The average Bonchev–Trinajstić information content (AvgIpc) is 2.03. The van der Waals surface area contributed by atoms with Crippen LogP contribution in [0.3, 0.4) is 0 Å². The predicted molar refractivity (Wildman–Crippen MR) is 48.5 cm³/mol. The molecule has 0 saturated heterocycles. The minimum absolute atomic E-state index is 0.385. The standard InChI is InChI=1S/C9H10FN3/c1-4-9(2,3)13-8-5-7(10)11-6-12-8/h1,5-6H,2-3H3,(H,11,12,13). The number of hydrogen-bond acceptors (Lipinski definition) is 3. The van der Waals surface area contributed by atoms with Crippen LogP contribution in [-0.2, 0) is 0 Å². The number of nitrogens with one attached hydrogen (secondary N) is 1. The lowest BCUT2D eigenvalue weighted by Crippen LogP contribution is -2.29. The Morgan fingerprint density at radius 3 is 2.77 bits per heavy atom. The smallest absolute Gasteiger partial charge is 0.217 e. The number of nitrogens with zero attached hydrogens (tertiary/aromatic N) is 2. The second kappa shape index (κ2) is 3.40. The lowest BCUT2D eigenvalue weighted by atomic mass is 10.1. The number of rotatable bonds is 2. The zero-order valence-electron chi connectivity index (χ0n) is 7.50. The van der Waals surface area contributed by atoms with Gasteiger partial charge in [-0.1, -0.05) is 5.92 Å². The highest BCUT2D eigenvalue weighted by Crippen LogP contribution is 2.10. The molecule has 1 heterocycles. The van der Waals surface area contributed by atoms with E-state index in [2.05, 4.69) is 21.2 Å². The molecule has 4 heteroatoms. The van der Waals surface area contributed by atoms with Gasteiger partial charge in [0.1, 0.15) is 12.1 Å². The second-order valence-electron chi connectivity index (χ2n) is 3.12. The molecule has 0 aromatic carbocycles. The molecule has 0 saturated carbocycles. The van der Waals surface area contributed by atoms with Gasteiger partial charge in [-0.15, -0.1) is 6.42 Å². The summed E-state index contributed by atoms with van der Waals surface area (Å²) in [6.07, 6.45) is 6.39. The summed E-state index contributed by atoms with van der Waals surface area (Å²) in [5.74, 6) is 2.32. The zero-order chi connectivity index (χ0) is 9.90. The number of aromatic nitrogens is 2. The van der Waals surface area contributed by atoms with Crippen LogP contribution in [0.25, 0.3) is 0 Å². The third kappa shape index (κ3) is 2.71. The van der Waals surface area contributed by atoms with Gasteiger partial charge in [0.15, 0.2) is 0 Å². The molecular formula is C9H10FN3. The maximum absolute atomic E-state index is 12.6. The van der Waals surface area contributed by atoms with Gasteiger partial charge in [0, 0.05) is 6.07 Å². The van der Waals surface area contributed by atoms with Gasteiger partial charge in [-0.25, -0.2) is 9.97 Å². The molecule has 68 valence electrons. The number of hydrogen-bond donors (Lipinski definition) is 1. The van der Waals surface area contributed by atoms with E-state index in [1.165, 1.54) is 6.07 Å². The van der Waals surface area contributed by atoms with Crippen molar-refractivity contribution >= 4 is 5.82 Å². The Morgan fingerprint density at radius 1 is 1.54 bits per heavy atom. The topological polar surface area (TPSA) is 37.8 Å². The van der Waals surface area contributed by atoms with Crippen LogP contribution in [0, 0.1) is 18.3 Å². The SMILES string of the molecule is C#CC(C)(C)Nc1cc(F)ncn1. The summed E-state index contributed by atoms with van der Waals surface area (Å²) in [5.41, 5.74) is -0.541. The molecule has 0 spiro atoms. The third-order valence-electron chi connectivity index (χ3n) is 1.44. The Bertz CT molecular complexity index is 341. The largest absolute Gasteiger partial charge is 0.354 e. The molecule has 0 bridgehead atoms. The van der Waals surface area contributed by atoms with E-state index < -0.39 is 11.5 Å². The molecule has 0 unspecified atom stereocenters. The normalized spacial score (nSPS) is 10.6. The van der Waals surface area contributed by atoms with Crippen LogP contribution >= 0.6 is 0 Å². The van der Waals surface area contributed by atoms with Crippen LogP contribution < -0.4 is 5.32 Å². The summed E-state index contributed by atoms with van der Waals surface area (Å²) in [6.45, 7) is 3.60. The minimum atomic E-state index is -0.578. The molecule has 0 aliphatic heterocycles. The van der Waals surface area contributed by atoms with E-state index in [-0.39, 0.29) is 0 Å². The van der Waals surface area contributed by atoms with Crippen LogP contribution in [0.2, 0.25) is 0 Å². The highest BCUT2D eigenvalue weighted by molar-refractivity contribution is 5.39. The summed E-state index contributed by atoms with van der Waals surface area (Å²) in [6, 6.07) is 1.19. The second-order valence-corrected chi connectivity index (χ2v) is 3.12. The monoisotopic (exact) mass is 179 g/mol. The van der Waals surface area contributed by atoms with Crippen LogP contribution in [0.4, 0.5) is 10.2 Å². The Kier molecular flexibility index (Phi) is 2.47. The van der Waals surface area contributed by atoms with Gasteiger partial charge in [0.05, 0.1) is 5.54 Å². The number of halogens is 1. The predicted octanol–water partition coefficient (Wildman–Crippen LogP) is 1.44. The van der Waals surface area contributed by atoms with Crippen LogP contribution in [-0.4, -0.2) is 15.5 Å². The van der Waals surface area contributed by atoms with Gasteiger partial charge in [-0.3, -0.25) is 0 Å². The number of anilines is 1. The summed E-state index contributed by atoms with van der Waals surface area (Å²) in [5, 5.41) is 2.88. The van der Waals surface area contributed by atoms with Crippen LogP contribution in [0.1, 0.15) is 13.8 Å². The molecule has 13 heavy (non-hydrogen) atoms. The van der Waals surface area contributed by atoms with E-state index in [4.69, 9.17) is 6.42 Å². The first kappa shape index (κ1) is 9.46. The Balaban J connectivity index is 2.82. The first-order valence-corrected chi connectivity index (χ1v) is 3.77. The fourth-order valence-electron chi connectivity index (χ4n) is 0.758. The third-order valence-corrected chi connectivity index (χ3v) is 1.44. The van der Waals surface area contributed by atoms with Gasteiger partial charge in [-0.2, -0.15) is 4.39 Å². The van der Waals surface area contributed by atoms with Gasteiger partial charge in [-0.05, 0) is 13.8 Å². The van der Waals surface area contributed by atoms with Crippen molar-refractivity contribution in [2.75, 3.05) is 5.32 Å². The quantitative estimate of drug-likeness (QED) is 0.551. The van der Waals surface area contributed by atoms with Crippen LogP contribution in [0.5, 0.6) is 0 Å².